The Balaban J connectivity index is 2.59. The molecule has 1 aliphatic heterocycles. The summed E-state index contributed by atoms with van der Waals surface area (Å²) in [4.78, 5) is 0. The van der Waals surface area contributed by atoms with E-state index in [1.54, 1.807) is 33.8 Å². The largest absolute Gasteiger partial charge is 0.495 e. The molecule has 24 heavy (non-hydrogen) atoms. The molecule has 0 amide bonds. The second-order valence-electron chi connectivity index (χ2n) is 8.59. The minimum Gasteiger partial charge on any atom is -0.399 e. The maximum absolute atomic E-state index is 13.6. The standard InChI is InChI=1S/C18H26BF3O2/c1-11-9-12(15(2,3)4)13(18(20,21)22)10-14(11)19-23-16(5,6)17(7,8)24-19/h9-10H,1-8H3. The Hall–Kier alpha value is -1.01. The van der Waals surface area contributed by atoms with Gasteiger partial charge in [0.05, 0.1) is 16.8 Å². The molecule has 2 rings (SSSR count). The zero-order valence-corrected chi connectivity index (χ0v) is 15.7. The number of benzene rings is 1. The fraction of sp³-hybridized carbons (Fsp3) is 0.667. The monoisotopic (exact) mass is 342 g/mol. The summed E-state index contributed by atoms with van der Waals surface area (Å²) in [6, 6.07) is 2.81. The van der Waals surface area contributed by atoms with Gasteiger partial charge in [0.15, 0.2) is 0 Å². The van der Waals surface area contributed by atoms with Gasteiger partial charge in [-0.3, -0.25) is 0 Å². The number of alkyl halides is 3. The maximum Gasteiger partial charge on any atom is 0.495 e. The molecule has 0 bridgehead atoms. The molecule has 0 unspecified atom stereocenters. The fourth-order valence-electron chi connectivity index (χ4n) is 2.80. The molecule has 1 fully saturated rings. The predicted molar refractivity (Wildman–Crippen MR) is 90.6 cm³/mol. The Bertz CT molecular complexity index is 627. The topological polar surface area (TPSA) is 18.5 Å². The third-order valence-corrected chi connectivity index (χ3v) is 5.03. The fourth-order valence-corrected chi connectivity index (χ4v) is 2.80. The van der Waals surface area contributed by atoms with Crippen LogP contribution < -0.4 is 5.46 Å². The van der Waals surface area contributed by atoms with Crippen LogP contribution in [0.2, 0.25) is 0 Å². The molecule has 2 nitrogen and oxygen atoms in total. The van der Waals surface area contributed by atoms with Crippen molar-refractivity contribution in [3.63, 3.8) is 0 Å². The third-order valence-electron chi connectivity index (χ3n) is 5.03. The highest BCUT2D eigenvalue weighted by Crippen LogP contribution is 2.40. The van der Waals surface area contributed by atoms with Crippen LogP contribution in [-0.4, -0.2) is 18.3 Å². The first-order valence-corrected chi connectivity index (χ1v) is 8.14. The Kier molecular flexibility index (Phi) is 4.43. The highest BCUT2D eigenvalue weighted by atomic mass is 19.4. The van der Waals surface area contributed by atoms with Crippen LogP contribution in [0.3, 0.4) is 0 Å². The summed E-state index contributed by atoms with van der Waals surface area (Å²) in [6.45, 7) is 14.7. The normalized spacial score (nSPS) is 20.5. The first-order chi connectivity index (χ1) is 10.6. The molecule has 6 heteroatoms. The molecule has 0 aliphatic carbocycles. The van der Waals surface area contributed by atoms with Crippen LogP contribution in [0, 0.1) is 6.92 Å². The average molecular weight is 342 g/mol. The van der Waals surface area contributed by atoms with E-state index in [-0.39, 0.29) is 5.56 Å². The van der Waals surface area contributed by atoms with Crippen molar-refractivity contribution in [2.45, 2.75) is 78.2 Å². The van der Waals surface area contributed by atoms with Crippen molar-refractivity contribution in [3.8, 4) is 0 Å². The van der Waals surface area contributed by atoms with E-state index < -0.39 is 35.5 Å². The van der Waals surface area contributed by atoms with E-state index in [1.807, 2.05) is 27.7 Å². The van der Waals surface area contributed by atoms with Gasteiger partial charge >= 0.3 is 13.3 Å². The van der Waals surface area contributed by atoms with Crippen LogP contribution in [0.25, 0.3) is 0 Å². The molecule has 0 saturated carbocycles. The summed E-state index contributed by atoms with van der Waals surface area (Å²) >= 11 is 0. The van der Waals surface area contributed by atoms with E-state index in [1.165, 1.54) is 6.07 Å². The van der Waals surface area contributed by atoms with Gasteiger partial charge in [-0.05, 0) is 57.1 Å². The van der Waals surface area contributed by atoms with Gasteiger partial charge in [-0.25, -0.2) is 0 Å². The van der Waals surface area contributed by atoms with Crippen LogP contribution in [0.1, 0.15) is 65.2 Å². The second-order valence-corrected chi connectivity index (χ2v) is 8.59. The van der Waals surface area contributed by atoms with Crippen LogP contribution in [0.5, 0.6) is 0 Å². The van der Waals surface area contributed by atoms with E-state index in [4.69, 9.17) is 9.31 Å². The lowest BCUT2D eigenvalue weighted by Gasteiger charge is -2.32. The van der Waals surface area contributed by atoms with E-state index in [9.17, 15) is 13.2 Å². The van der Waals surface area contributed by atoms with Crippen molar-refractivity contribution in [1.82, 2.24) is 0 Å². The van der Waals surface area contributed by atoms with Gasteiger partial charge in [0.1, 0.15) is 0 Å². The molecule has 0 spiro atoms. The Morgan fingerprint density at radius 3 is 1.71 bits per heavy atom. The van der Waals surface area contributed by atoms with Crippen molar-refractivity contribution in [3.05, 3.63) is 28.8 Å². The third kappa shape index (κ3) is 3.36. The van der Waals surface area contributed by atoms with Crippen molar-refractivity contribution in [1.29, 1.82) is 0 Å². The summed E-state index contributed by atoms with van der Waals surface area (Å²) in [5.41, 5.74) is -0.945. The zero-order chi connectivity index (χ0) is 18.7. The molecule has 1 aromatic rings. The first-order valence-electron chi connectivity index (χ1n) is 8.14. The lowest BCUT2D eigenvalue weighted by atomic mass is 9.72. The lowest BCUT2D eigenvalue weighted by molar-refractivity contribution is -0.138. The molecule has 134 valence electrons. The first kappa shape index (κ1) is 19.3. The molecule has 0 atom stereocenters. The number of hydrogen-bond donors (Lipinski definition) is 0. The van der Waals surface area contributed by atoms with Crippen molar-refractivity contribution in [2.24, 2.45) is 0 Å². The second kappa shape index (κ2) is 5.50. The lowest BCUT2D eigenvalue weighted by Crippen LogP contribution is -2.41. The Morgan fingerprint density at radius 1 is 0.875 bits per heavy atom. The molecular formula is C18H26BF3O2. The van der Waals surface area contributed by atoms with Crippen LogP contribution in [-0.2, 0) is 20.9 Å². The van der Waals surface area contributed by atoms with E-state index in [0.29, 0.717) is 5.46 Å². The van der Waals surface area contributed by atoms with Gasteiger partial charge in [0, 0.05) is 0 Å². The number of halogens is 3. The summed E-state index contributed by atoms with van der Waals surface area (Å²) in [7, 11) is -0.801. The molecule has 1 aromatic carbocycles. The summed E-state index contributed by atoms with van der Waals surface area (Å²) in [5, 5.41) is 0. The SMILES string of the molecule is Cc1cc(C(C)(C)C)c(C(F)(F)F)cc1B1OC(C)(C)C(C)(C)O1. The van der Waals surface area contributed by atoms with E-state index in [0.717, 1.165) is 5.56 Å². The van der Waals surface area contributed by atoms with Gasteiger partial charge in [-0.1, -0.05) is 32.4 Å². The molecule has 1 heterocycles. The van der Waals surface area contributed by atoms with Gasteiger partial charge in [-0.2, -0.15) is 13.2 Å². The van der Waals surface area contributed by atoms with Gasteiger partial charge in [0.2, 0.25) is 0 Å². The predicted octanol–water partition coefficient (Wildman–Crippen LogP) is 4.61. The minimum atomic E-state index is -4.42. The highest BCUT2D eigenvalue weighted by molar-refractivity contribution is 6.62. The van der Waals surface area contributed by atoms with Gasteiger partial charge < -0.3 is 9.31 Å². The highest BCUT2D eigenvalue weighted by Gasteiger charge is 2.52. The van der Waals surface area contributed by atoms with E-state index in [2.05, 4.69) is 0 Å². The van der Waals surface area contributed by atoms with Gasteiger partial charge in [-0.15, -0.1) is 0 Å². The molecule has 0 aromatic heterocycles. The van der Waals surface area contributed by atoms with Crippen LogP contribution in [0.15, 0.2) is 12.1 Å². The average Bonchev–Trinajstić information content (AvgIpc) is 2.55. The number of hydrogen-bond acceptors (Lipinski definition) is 2. The molecule has 0 radical (unpaired) electrons. The molecule has 1 aliphatic rings. The van der Waals surface area contributed by atoms with E-state index >= 15 is 0 Å². The Labute approximate surface area is 142 Å². The van der Waals surface area contributed by atoms with Gasteiger partial charge in [0.25, 0.3) is 0 Å². The minimum absolute atomic E-state index is 0.285. The van der Waals surface area contributed by atoms with Crippen LogP contribution in [0.4, 0.5) is 13.2 Å². The Morgan fingerprint density at radius 2 is 1.33 bits per heavy atom. The smallest absolute Gasteiger partial charge is 0.399 e. The number of rotatable bonds is 1. The molecule has 1 saturated heterocycles. The maximum atomic E-state index is 13.6. The summed E-state index contributed by atoms with van der Waals surface area (Å²) < 4.78 is 52.7. The van der Waals surface area contributed by atoms with Crippen LogP contribution >= 0.6 is 0 Å². The summed E-state index contributed by atoms with van der Waals surface area (Å²) in [6.07, 6.45) is -4.42. The number of aryl methyl sites for hydroxylation is 1. The zero-order valence-electron chi connectivity index (χ0n) is 15.7. The summed E-state index contributed by atoms with van der Waals surface area (Å²) in [5.74, 6) is 0. The molecule has 0 N–H and O–H groups in total. The van der Waals surface area contributed by atoms with Crippen molar-refractivity contribution < 1.29 is 22.5 Å². The van der Waals surface area contributed by atoms with Crippen molar-refractivity contribution in [2.75, 3.05) is 0 Å². The molecular weight excluding hydrogens is 316 g/mol. The quantitative estimate of drug-likeness (QED) is 0.694. The van der Waals surface area contributed by atoms with Crippen molar-refractivity contribution >= 4 is 12.6 Å².